The first kappa shape index (κ1) is 18.0. The van der Waals surface area contributed by atoms with E-state index in [4.69, 9.17) is 0 Å². The topological polar surface area (TPSA) is 35.6 Å². The molecule has 3 aliphatic rings. The number of nitrogens with zero attached hydrogens (tertiary/aromatic N) is 2. The van der Waals surface area contributed by atoms with Crippen molar-refractivity contribution in [2.45, 2.75) is 57.7 Å². The normalized spacial score (nSPS) is 32.9. The van der Waals surface area contributed by atoms with Crippen LogP contribution >= 0.6 is 0 Å². The maximum absolute atomic E-state index is 13.0. The number of likely N-dealkylation sites (tertiary alicyclic amines) is 2. The van der Waals surface area contributed by atoms with Crippen LogP contribution in [0.3, 0.4) is 0 Å². The Bertz CT molecular complexity index is 605. The van der Waals surface area contributed by atoms with Gasteiger partial charge in [0.1, 0.15) is 0 Å². The predicted molar refractivity (Wildman–Crippen MR) is 105 cm³/mol. The van der Waals surface area contributed by atoms with Gasteiger partial charge in [0.25, 0.3) is 0 Å². The average Bonchev–Trinajstić information content (AvgIpc) is 2.68. The maximum Gasteiger partial charge on any atom is 0.225 e. The van der Waals surface area contributed by atoms with Gasteiger partial charge in [0.15, 0.2) is 0 Å². The highest BCUT2D eigenvalue weighted by atomic mass is 16.2. The second-order valence-corrected chi connectivity index (χ2v) is 8.58. The van der Waals surface area contributed by atoms with E-state index in [1.807, 2.05) is 0 Å². The number of carbonyl (C=O) groups is 1. The monoisotopic (exact) mass is 355 g/mol. The van der Waals surface area contributed by atoms with Crippen molar-refractivity contribution in [3.05, 3.63) is 35.9 Å². The number of hydrogen-bond acceptors (Lipinski definition) is 3. The summed E-state index contributed by atoms with van der Waals surface area (Å²) >= 11 is 0. The molecule has 4 nitrogen and oxygen atoms in total. The summed E-state index contributed by atoms with van der Waals surface area (Å²) in [6.07, 6.45) is 5.70. The third kappa shape index (κ3) is 3.96. The Morgan fingerprint density at radius 2 is 2.00 bits per heavy atom. The first-order valence-corrected chi connectivity index (χ1v) is 10.5. The number of carbonyl (C=O) groups excluding carboxylic acids is 1. The standard InChI is InChI=1S/C22H33N3O/c1-17-14-19(9-11-23-17)22(26)25-13-10-21-20(16-25)8-5-12-24(21)15-18-6-3-2-4-7-18/h2-4,6-7,17,19-21,23H,5,8-16H2,1H3/t17-,19-,20?,21?/m0/s1. The number of amides is 1. The summed E-state index contributed by atoms with van der Waals surface area (Å²) in [4.78, 5) is 17.9. The SMILES string of the molecule is C[C@H]1C[C@@H](C(=O)N2CCC3C(CCCN3Cc3ccccc3)C2)CCN1. The number of piperidine rings is 3. The van der Waals surface area contributed by atoms with Crippen LogP contribution in [-0.2, 0) is 11.3 Å². The van der Waals surface area contributed by atoms with Crippen molar-refractivity contribution in [1.82, 2.24) is 15.1 Å². The lowest BCUT2D eigenvalue weighted by atomic mass is 9.82. The molecule has 0 saturated carbocycles. The third-order valence-corrected chi connectivity index (χ3v) is 6.70. The summed E-state index contributed by atoms with van der Waals surface area (Å²) in [5, 5.41) is 3.47. The third-order valence-electron chi connectivity index (χ3n) is 6.70. The van der Waals surface area contributed by atoms with E-state index in [0.29, 0.717) is 23.9 Å². The summed E-state index contributed by atoms with van der Waals surface area (Å²) in [5.41, 5.74) is 1.41. The van der Waals surface area contributed by atoms with Crippen molar-refractivity contribution < 1.29 is 4.79 Å². The highest BCUT2D eigenvalue weighted by Crippen LogP contribution is 2.33. The van der Waals surface area contributed by atoms with Crippen LogP contribution in [0, 0.1) is 11.8 Å². The summed E-state index contributed by atoms with van der Waals surface area (Å²) in [6, 6.07) is 12.0. The van der Waals surface area contributed by atoms with E-state index in [0.717, 1.165) is 45.4 Å². The molecular weight excluding hydrogens is 322 g/mol. The lowest BCUT2D eigenvalue weighted by Crippen LogP contribution is -2.56. The molecule has 4 rings (SSSR count). The maximum atomic E-state index is 13.0. The van der Waals surface area contributed by atoms with E-state index in [9.17, 15) is 4.79 Å². The Labute approximate surface area is 157 Å². The van der Waals surface area contributed by atoms with Gasteiger partial charge < -0.3 is 10.2 Å². The second kappa shape index (κ2) is 8.10. The Morgan fingerprint density at radius 1 is 1.15 bits per heavy atom. The predicted octanol–water partition coefficient (Wildman–Crippen LogP) is 2.89. The summed E-state index contributed by atoms with van der Waals surface area (Å²) in [6.45, 7) is 7.38. The van der Waals surface area contributed by atoms with Crippen molar-refractivity contribution in [2.75, 3.05) is 26.2 Å². The molecule has 142 valence electrons. The minimum absolute atomic E-state index is 0.242. The number of nitrogens with one attached hydrogen (secondary N) is 1. The summed E-state index contributed by atoms with van der Waals surface area (Å²) in [5.74, 6) is 1.33. The Morgan fingerprint density at radius 3 is 2.81 bits per heavy atom. The van der Waals surface area contributed by atoms with Crippen LogP contribution < -0.4 is 5.32 Å². The van der Waals surface area contributed by atoms with Crippen LogP contribution in [0.15, 0.2) is 30.3 Å². The van der Waals surface area contributed by atoms with Gasteiger partial charge in [0.2, 0.25) is 5.91 Å². The zero-order chi connectivity index (χ0) is 17.9. The fraction of sp³-hybridized carbons (Fsp3) is 0.682. The molecule has 1 aromatic rings. The Balaban J connectivity index is 1.37. The lowest BCUT2D eigenvalue weighted by Gasteiger charge is -2.48. The molecule has 0 aliphatic carbocycles. The smallest absolute Gasteiger partial charge is 0.225 e. The number of fused-ring (bicyclic) bond motifs is 1. The molecule has 3 heterocycles. The van der Waals surface area contributed by atoms with E-state index in [-0.39, 0.29) is 5.92 Å². The van der Waals surface area contributed by atoms with Crippen molar-refractivity contribution in [2.24, 2.45) is 11.8 Å². The van der Waals surface area contributed by atoms with Crippen molar-refractivity contribution in [3.8, 4) is 0 Å². The minimum Gasteiger partial charge on any atom is -0.342 e. The molecule has 1 N–H and O–H groups in total. The van der Waals surface area contributed by atoms with Gasteiger partial charge in [-0.2, -0.15) is 0 Å². The van der Waals surface area contributed by atoms with Crippen LogP contribution in [0.5, 0.6) is 0 Å². The van der Waals surface area contributed by atoms with E-state index in [1.54, 1.807) is 0 Å². The van der Waals surface area contributed by atoms with Crippen LogP contribution in [0.4, 0.5) is 0 Å². The van der Waals surface area contributed by atoms with Crippen molar-refractivity contribution >= 4 is 5.91 Å². The largest absolute Gasteiger partial charge is 0.342 e. The number of hydrogen-bond donors (Lipinski definition) is 1. The first-order chi connectivity index (χ1) is 12.7. The average molecular weight is 356 g/mol. The molecule has 26 heavy (non-hydrogen) atoms. The molecule has 1 aromatic carbocycles. The fourth-order valence-corrected chi connectivity index (χ4v) is 5.34. The summed E-state index contributed by atoms with van der Waals surface area (Å²) in [7, 11) is 0. The first-order valence-electron chi connectivity index (χ1n) is 10.5. The van der Waals surface area contributed by atoms with Crippen LogP contribution in [0.1, 0.15) is 44.6 Å². The molecule has 3 aliphatic heterocycles. The highest BCUT2D eigenvalue weighted by Gasteiger charge is 2.39. The zero-order valence-electron chi connectivity index (χ0n) is 16.1. The van der Waals surface area contributed by atoms with E-state index < -0.39 is 0 Å². The summed E-state index contributed by atoms with van der Waals surface area (Å²) < 4.78 is 0. The van der Waals surface area contributed by atoms with Crippen LogP contribution in [0.2, 0.25) is 0 Å². The number of benzene rings is 1. The molecular formula is C22H33N3O. The molecule has 3 fully saturated rings. The Hall–Kier alpha value is -1.39. The van der Waals surface area contributed by atoms with Crippen LogP contribution in [-0.4, -0.2) is 54.0 Å². The lowest BCUT2D eigenvalue weighted by molar-refractivity contribution is -0.140. The molecule has 1 amide bonds. The molecule has 0 spiro atoms. The second-order valence-electron chi connectivity index (χ2n) is 8.58. The molecule has 0 radical (unpaired) electrons. The number of rotatable bonds is 3. The molecule has 0 aromatic heterocycles. The van der Waals surface area contributed by atoms with E-state index >= 15 is 0 Å². The van der Waals surface area contributed by atoms with E-state index in [2.05, 4.69) is 52.4 Å². The van der Waals surface area contributed by atoms with Crippen molar-refractivity contribution in [1.29, 1.82) is 0 Å². The quantitative estimate of drug-likeness (QED) is 0.906. The van der Waals surface area contributed by atoms with Gasteiger partial charge in [0.05, 0.1) is 0 Å². The van der Waals surface area contributed by atoms with Crippen LogP contribution in [0.25, 0.3) is 0 Å². The van der Waals surface area contributed by atoms with Gasteiger partial charge in [0, 0.05) is 37.6 Å². The van der Waals surface area contributed by atoms with Gasteiger partial charge in [-0.1, -0.05) is 30.3 Å². The molecule has 4 atom stereocenters. The minimum atomic E-state index is 0.242. The molecule has 0 bridgehead atoms. The van der Waals surface area contributed by atoms with Gasteiger partial charge >= 0.3 is 0 Å². The molecule has 2 unspecified atom stereocenters. The highest BCUT2D eigenvalue weighted by molar-refractivity contribution is 5.79. The van der Waals surface area contributed by atoms with E-state index in [1.165, 1.54) is 24.9 Å². The van der Waals surface area contributed by atoms with Gasteiger partial charge in [-0.25, -0.2) is 0 Å². The molecule has 4 heteroatoms. The van der Waals surface area contributed by atoms with Crippen molar-refractivity contribution in [3.63, 3.8) is 0 Å². The van der Waals surface area contributed by atoms with Gasteiger partial charge in [-0.05, 0) is 63.6 Å². The molecule has 3 saturated heterocycles. The Kier molecular flexibility index (Phi) is 5.60. The van der Waals surface area contributed by atoms with Gasteiger partial charge in [-0.3, -0.25) is 9.69 Å². The van der Waals surface area contributed by atoms with Gasteiger partial charge in [-0.15, -0.1) is 0 Å². The fourth-order valence-electron chi connectivity index (χ4n) is 5.34. The zero-order valence-corrected chi connectivity index (χ0v) is 16.1.